The molecule has 84 valence electrons. The molecular weight excluding hydrogens is 204 g/mol. The summed E-state index contributed by atoms with van der Waals surface area (Å²) in [7, 11) is 3.56. The molecule has 0 spiro atoms. The molecule has 2 rings (SSSR count). The molecule has 0 fully saturated rings. The zero-order valence-corrected chi connectivity index (χ0v) is 9.27. The van der Waals surface area contributed by atoms with E-state index >= 15 is 0 Å². The predicted molar refractivity (Wildman–Crippen MR) is 64.1 cm³/mol. The highest BCUT2D eigenvalue weighted by atomic mass is 16.5. The Morgan fingerprint density at radius 3 is 2.69 bits per heavy atom. The lowest BCUT2D eigenvalue weighted by Gasteiger charge is -2.20. The van der Waals surface area contributed by atoms with Gasteiger partial charge in [-0.2, -0.15) is 5.10 Å². The number of hydrogen-bond acceptors (Lipinski definition) is 4. The molecule has 1 heterocycles. The third-order valence-electron chi connectivity index (χ3n) is 2.46. The van der Waals surface area contributed by atoms with Gasteiger partial charge in [0.15, 0.2) is 0 Å². The van der Waals surface area contributed by atoms with E-state index in [1.165, 1.54) is 0 Å². The first-order valence-corrected chi connectivity index (χ1v) is 4.89. The first-order chi connectivity index (χ1) is 7.74. The van der Waals surface area contributed by atoms with Crippen LogP contribution in [0.15, 0.2) is 30.5 Å². The topological polar surface area (TPSA) is 67.2 Å². The molecule has 0 bridgehead atoms. The minimum atomic E-state index is 0.536. The molecule has 1 aromatic carbocycles. The number of ether oxygens (including phenoxy) is 1. The van der Waals surface area contributed by atoms with Crippen molar-refractivity contribution in [2.24, 2.45) is 0 Å². The van der Waals surface area contributed by atoms with E-state index in [0.717, 1.165) is 17.1 Å². The summed E-state index contributed by atoms with van der Waals surface area (Å²) in [6, 6.07) is 7.74. The molecule has 0 aliphatic carbocycles. The highest BCUT2D eigenvalue weighted by Crippen LogP contribution is 2.33. The van der Waals surface area contributed by atoms with Crippen molar-refractivity contribution in [1.82, 2.24) is 10.2 Å². The fraction of sp³-hybridized carbons (Fsp3) is 0.182. The van der Waals surface area contributed by atoms with Crippen molar-refractivity contribution in [3.05, 3.63) is 30.5 Å². The number of para-hydroxylation sites is 2. The summed E-state index contributed by atoms with van der Waals surface area (Å²) in [6.45, 7) is 0. The van der Waals surface area contributed by atoms with Crippen LogP contribution in [-0.2, 0) is 0 Å². The van der Waals surface area contributed by atoms with Crippen LogP contribution in [0.2, 0.25) is 0 Å². The van der Waals surface area contributed by atoms with Crippen LogP contribution in [0.1, 0.15) is 0 Å². The van der Waals surface area contributed by atoms with Gasteiger partial charge < -0.3 is 15.4 Å². The Bertz CT molecular complexity index is 480. The highest BCUT2D eigenvalue weighted by molar-refractivity contribution is 5.74. The number of nitrogens with zero attached hydrogens (tertiary/aromatic N) is 2. The first kappa shape index (κ1) is 10.4. The summed E-state index contributed by atoms with van der Waals surface area (Å²) >= 11 is 0. The van der Waals surface area contributed by atoms with E-state index in [2.05, 4.69) is 10.2 Å². The van der Waals surface area contributed by atoms with Gasteiger partial charge in [0.2, 0.25) is 0 Å². The quantitative estimate of drug-likeness (QED) is 0.823. The molecule has 1 aromatic heterocycles. The fourth-order valence-corrected chi connectivity index (χ4v) is 1.59. The third-order valence-corrected chi connectivity index (χ3v) is 2.46. The van der Waals surface area contributed by atoms with Gasteiger partial charge in [-0.15, -0.1) is 0 Å². The molecule has 3 N–H and O–H groups in total. The Balaban J connectivity index is 2.41. The zero-order chi connectivity index (χ0) is 11.5. The number of H-pyrrole nitrogens is 1. The predicted octanol–water partition coefficient (Wildman–Crippen LogP) is 1.77. The van der Waals surface area contributed by atoms with E-state index in [0.29, 0.717) is 5.82 Å². The second-order valence-corrected chi connectivity index (χ2v) is 3.40. The van der Waals surface area contributed by atoms with Crippen LogP contribution in [0.5, 0.6) is 5.75 Å². The van der Waals surface area contributed by atoms with Crippen molar-refractivity contribution in [2.75, 3.05) is 24.8 Å². The Morgan fingerprint density at radius 1 is 1.31 bits per heavy atom. The minimum absolute atomic E-state index is 0.536. The molecule has 0 aliphatic heterocycles. The van der Waals surface area contributed by atoms with Gasteiger partial charge in [-0.25, -0.2) is 0 Å². The van der Waals surface area contributed by atoms with Crippen molar-refractivity contribution in [1.29, 1.82) is 0 Å². The third kappa shape index (κ3) is 1.67. The summed E-state index contributed by atoms with van der Waals surface area (Å²) < 4.78 is 5.29. The fourth-order valence-electron chi connectivity index (χ4n) is 1.59. The van der Waals surface area contributed by atoms with Gasteiger partial charge in [-0.05, 0) is 12.1 Å². The number of aromatic amines is 1. The van der Waals surface area contributed by atoms with Gasteiger partial charge in [0.1, 0.15) is 17.3 Å². The molecular formula is C11H14N4O. The largest absolute Gasteiger partial charge is 0.495 e. The molecule has 5 nitrogen and oxygen atoms in total. The van der Waals surface area contributed by atoms with Crippen LogP contribution in [0.3, 0.4) is 0 Å². The lowest BCUT2D eigenvalue weighted by molar-refractivity contribution is 0.415. The van der Waals surface area contributed by atoms with Crippen LogP contribution in [0.4, 0.5) is 17.2 Å². The van der Waals surface area contributed by atoms with E-state index in [1.54, 1.807) is 13.3 Å². The molecule has 5 heteroatoms. The second-order valence-electron chi connectivity index (χ2n) is 3.40. The minimum Gasteiger partial charge on any atom is -0.495 e. The maximum atomic E-state index is 5.77. The highest BCUT2D eigenvalue weighted by Gasteiger charge is 2.12. The average molecular weight is 218 g/mol. The maximum Gasteiger partial charge on any atom is 0.143 e. The molecule has 0 atom stereocenters. The smallest absolute Gasteiger partial charge is 0.143 e. The molecule has 0 aliphatic rings. The van der Waals surface area contributed by atoms with E-state index < -0.39 is 0 Å². The maximum absolute atomic E-state index is 5.77. The number of rotatable bonds is 3. The van der Waals surface area contributed by atoms with Gasteiger partial charge in [0.25, 0.3) is 0 Å². The summed E-state index contributed by atoms with van der Waals surface area (Å²) in [6.07, 6.45) is 1.68. The average Bonchev–Trinajstić information content (AvgIpc) is 2.74. The number of nitrogens with two attached hydrogens (primary N) is 1. The molecule has 0 saturated carbocycles. The van der Waals surface area contributed by atoms with Crippen molar-refractivity contribution in [2.45, 2.75) is 0 Å². The lowest BCUT2D eigenvalue weighted by atomic mass is 10.2. The molecule has 2 aromatic rings. The normalized spacial score (nSPS) is 10.1. The molecule has 16 heavy (non-hydrogen) atoms. The summed E-state index contributed by atoms with van der Waals surface area (Å²) in [5.41, 5.74) is 7.54. The summed E-state index contributed by atoms with van der Waals surface area (Å²) in [4.78, 5) is 1.93. The van der Waals surface area contributed by atoms with Gasteiger partial charge in [-0.1, -0.05) is 12.1 Å². The molecule has 0 radical (unpaired) electrons. The molecule has 0 saturated heterocycles. The van der Waals surface area contributed by atoms with Gasteiger partial charge in [0.05, 0.1) is 19.0 Å². The van der Waals surface area contributed by atoms with Crippen molar-refractivity contribution in [3.8, 4) is 5.75 Å². The van der Waals surface area contributed by atoms with E-state index in [9.17, 15) is 0 Å². The number of benzene rings is 1. The van der Waals surface area contributed by atoms with Crippen LogP contribution in [0, 0.1) is 0 Å². The van der Waals surface area contributed by atoms with Gasteiger partial charge in [0, 0.05) is 7.05 Å². The number of methoxy groups -OCH3 is 1. The SMILES string of the molecule is COc1ccccc1N(C)c1cn[nH]c1N. The van der Waals surface area contributed by atoms with Gasteiger partial charge in [-0.3, -0.25) is 5.10 Å². The van der Waals surface area contributed by atoms with E-state index in [-0.39, 0.29) is 0 Å². The van der Waals surface area contributed by atoms with Crippen LogP contribution in [-0.4, -0.2) is 24.4 Å². The summed E-state index contributed by atoms with van der Waals surface area (Å²) in [5, 5.41) is 6.59. The number of aromatic nitrogens is 2. The van der Waals surface area contributed by atoms with Crippen molar-refractivity contribution in [3.63, 3.8) is 0 Å². The second kappa shape index (κ2) is 4.14. The van der Waals surface area contributed by atoms with Crippen LogP contribution < -0.4 is 15.4 Å². The summed E-state index contributed by atoms with van der Waals surface area (Å²) in [5.74, 6) is 1.33. The monoisotopic (exact) mass is 218 g/mol. The first-order valence-electron chi connectivity index (χ1n) is 4.89. The standard InChI is InChI=1S/C11H14N4O/c1-15(9-7-13-14-11(9)12)8-5-3-4-6-10(8)16-2/h3-7H,1-2H3,(H3,12,13,14). The Kier molecular flexibility index (Phi) is 2.68. The van der Waals surface area contributed by atoms with E-state index in [1.807, 2.05) is 36.2 Å². The Hall–Kier alpha value is -2.17. The van der Waals surface area contributed by atoms with Crippen LogP contribution >= 0.6 is 0 Å². The lowest BCUT2D eigenvalue weighted by Crippen LogP contribution is -2.11. The number of nitrogen functional groups attached to an aromatic ring is 1. The number of hydrogen-bond donors (Lipinski definition) is 2. The van der Waals surface area contributed by atoms with Crippen LogP contribution in [0.25, 0.3) is 0 Å². The van der Waals surface area contributed by atoms with Crippen molar-refractivity contribution >= 4 is 17.2 Å². The van der Waals surface area contributed by atoms with E-state index in [4.69, 9.17) is 10.5 Å². The number of anilines is 3. The Labute approximate surface area is 93.8 Å². The Morgan fingerprint density at radius 2 is 2.06 bits per heavy atom. The van der Waals surface area contributed by atoms with Gasteiger partial charge >= 0.3 is 0 Å². The zero-order valence-electron chi connectivity index (χ0n) is 9.27. The van der Waals surface area contributed by atoms with Crippen molar-refractivity contribution < 1.29 is 4.74 Å². The molecule has 0 unspecified atom stereocenters. The number of nitrogens with one attached hydrogen (secondary N) is 1. The molecule has 0 amide bonds.